The highest BCUT2D eigenvalue weighted by atomic mass is 16.2. The molecule has 18 heavy (non-hydrogen) atoms. The maximum Gasteiger partial charge on any atom is 0.225 e. The van der Waals surface area contributed by atoms with Crippen LogP contribution in [0.4, 0.5) is 0 Å². The molecule has 4 atom stereocenters. The van der Waals surface area contributed by atoms with Crippen LogP contribution in [0.15, 0.2) is 0 Å². The van der Waals surface area contributed by atoms with Crippen molar-refractivity contribution in [2.24, 2.45) is 23.5 Å². The van der Waals surface area contributed by atoms with E-state index in [1.807, 2.05) is 0 Å². The average Bonchev–Trinajstić information content (AvgIpc) is 2.77. The Morgan fingerprint density at radius 1 is 1.33 bits per heavy atom. The van der Waals surface area contributed by atoms with Gasteiger partial charge in [0.05, 0.1) is 0 Å². The number of hydrogen-bond acceptors (Lipinski definition) is 2. The average molecular weight is 252 g/mol. The van der Waals surface area contributed by atoms with Crippen LogP contribution in [0.2, 0.25) is 0 Å². The Balaban J connectivity index is 1.88. The number of nitrogens with zero attached hydrogens (tertiary/aromatic N) is 1. The molecule has 0 radical (unpaired) electrons. The normalized spacial score (nSPS) is 36.9. The second kappa shape index (κ2) is 6.05. The number of hydrogen-bond donors (Lipinski definition) is 1. The van der Waals surface area contributed by atoms with Crippen LogP contribution in [0, 0.1) is 17.8 Å². The molecule has 0 aromatic heterocycles. The predicted octanol–water partition coefficient (Wildman–Crippen LogP) is 2.40. The van der Waals surface area contributed by atoms with Crippen molar-refractivity contribution in [1.29, 1.82) is 0 Å². The number of nitrogens with two attached hydrogens (primary N) is 1. The van der Waals surface area contributed by atoms with Crippen molar-refractivity contribution in [1.82, 2.24) is 4.90 Å². The summed E-state index contributed by atoms with van der Waals surface area (Å²) in [4.78, 5) is 14.7. The lowest BCUT2D eigenvalue weighted by atomic mass is 9.77. The van der Waals surface area contributed by atoms with Crippen LogP contribution in [0.1, 0.15) is 52.4 Å². The van der Waals surface area contributed by atoms with Crippen molar-refractivity contribution in [3.8, 4) is 0 Å². The van der Waals surface area contributed by atoms with Crippen molar-refractivity contribution in [3.63, 3.8) is 0 Å². The highest BCUT2D eigenvalue weighted by Crippen LogP contribution is 2.32. The summed E-state index contributed by atoms with van der Waals surface area (Å²) < 4.78 is 0. The molecule has 2 N–H and O–H groups in total. The van der Waals surface area contributed by atoms with Gasteiger partial charge in [-0.15, -0.1) is 0 Å². The van der Waals surface area contributed by atoms with Crippen molar-refractivity contribution in [2.45, 2.75) is 58.4 Å². The van der Waals surface area contributed by atoms with E-state index >= 15 is 0 Å². The van der Waals surface area contributed by atoms with Gasteiger partial charge in [-0.2, -0.15) is 0 Å². The summed E-state index contributed by atoms with van der Waals surface area (Å²) in [5, 5.41) is 0. The van der Waals surface area contributed by atoms with Gasteiger partial charge in [-0.25, -0.2) is 0 Å². The van der Waals surface area contributed by atoms with Crippen molar-refractivity contribution in [2.75, 3.05) is 13.1 Å². The summed E-state index contributed by atoms with van der Waals surface area (Å²) in [7, 11) is 0. The molecule has 0 spiro atoms. The molecule has 4 unspecified atom stereocenters. The molecule has 0 bridgehead atoms. The fraction of sp³-hybridized carbons (Fsp3) is 0.933. The summed E-state index contributed by atoms with van der Waals surface area (Å²) in [5.74, 6) is 1.87. The van der Waals surface area contributed by atoms with Crippen molar-refractivity contribution in [3.05, 3.63) is 0 Å². The van der Waals surface area contributed by atoms with Gasteiger partial charge in [0.1, 0.15) is 0 Å². The van der Waals surface area contributed by atoms with Crippen LogP contribution in [0.3, 0.4) is 0 Å². The minimum Gasteiger partial charge on any atom is -0.342 e. The van der Waals surface area contributed by atoms with Gasteiger partial charge in [-0.05, 0) is 43.9 Å². The van der Waals surface area contributed by atoms with Crippen LogP contribution in [-0.4, -0.2) is 29.9 Å². The fourth-order valence-electron chi connectivity index (χ4n) is 3.72. The summed E-state index contributed by atoms with van der Waals surface area (Å²) >= 11 is 0. The lowest BCUT2D eigenvalue weighted by molar-refractivity contribution is -0.137. The molecule has 3 nitrogen and oxygen atoms in total. The lowest BCUT2D eigenvalue weighted by Crippen LogP contribution is -2.42. The standard InChI is InChI=1S/C15H28N2O/c1-3-4-12-7-8-17(10-12)15(18)14-6-5-13(16)9-11(14)2/h11-14H,3-10,16H2,1-2H3. The Kier molecular flexibility index (Phi) is 4.66. The van der Waals surface area contributed by atoms with E-state index in [9.17, 15) is 4.79 Å². The zero-order valence-electron chi connectivity index (χ0n) is 11.9. The lowest BCUT2D eigenvalue weighted by Gasteiger charge is -2.34. The number of carbonyl (C=O) groups excluding carboxylic acids is 1. The SMILES string of the molecule is CCCC1CCN(C(=O)C2CCC(N)CC2C)C1. The topological polar surface area (TPSA) is 46.3 Å². The van der Waals surface area contributed by atoms with Gasteiger partial charge in [-0.1, -0.05) is 20.3 Å². The molecule has 1 aliphatic carbocycles. The van der Waals surface area contributed by atoms with Crippen LogP contribution < -0.4 is 5.73 Å². The Hall–Kier alpha value is -0.570. The molecule has 104 valence electrons. The van der Waals surface area contributed by atoms with Gasteiger partial charge in [0, 0.05) is 25.0 Å². The maximum atomic E-state index is 12.6. The molecule has 1 saturated carbocycles. The molecule has 0 aromatic carbocycles. The van der Waals surface area contributed by atoms with Crippen LogP contribution in [0.5, 0.6) is 0 Å². The summed E-state index contributed by atoms with van der Waals surface area (Å²) in [6, 6.07) is 0.315. The first kappa shape index (κ1) is 13.9. The molecule has 1 amide bonds. The highest BCUT2D eigenvalue weighted by Gasteiger charge is 2.35. The van der Waals surface area contributed by atoms with Gasteiger partial charge in [0.2, 0.25) is 5.91 Å². The first-order valence-electron chi connectivity index (χ1n) is 7.66. The van der Waals surface area contributed by atoms with Gasteiger partial charge in [0.15, 0.2) is 0 Å². The van der Waals surface area contributed by atoms with E-state index in [2.05, 4.69) is 18.7 Å². The fourth-order valence-corrected chi connectivity index (χ4v) is 3.72. The third-order valence-electron chi connectivity index (χ3n) is 4.82. The molecule has 1 aliphatic heterocycles. The van der Waals surface area contributed by atoms with Crippen LogP contribution >= 0.6 is 0 Å². The molecule has 2 aliphatic rings. The monoisotopic (exact) mass is 252 g/mol. The molecule has 3 heteroatoms. The second-order valence-corrected chi connectivity index (χ2v) is 6.38. The van der Waals surface area contributed by atoms with Crippen molar-refractivity contribution < 1.29 is 4.79 Å². The molecule has 2 fully saturated rings. The minimum absolute atomic E-state index is 0.241. The van der Waals surface area contributed by atoms with Gasteiger partial charge >= 0.3 is 0 Å². The molecule has 2 rings (SSSR count). The minimum atomic E-state index is 0.241. The van der Waals surface area contributed by atoms with E-state index in [-0.39, 0.29) is 5.92 Å². The molecular weight excluding hydrogens is 224 g/mol. The number of amides is 1. The Morgan fingerprint density at radius 2 is 2.11 bits per heavy atom. The maximum absolute atomic E-state index is 12.6. The molecule has 1 heterocycles. The first-order chi connectivity index (χ1) is 8.61. The summed E-state index contributed by atoms with van der Waals surface area (Å²) in [5.41, 5.74) is 5.98. The van der Waals surface area contributed by atoms with Gasteiger partial charge in [-0.3, -0.25) is 4.79 Å². The van der Waals surface area contributed by atoms with E-state index in [0.717, 1.165) is 38.3 Å². The Morgan fingerprint density at radius 3 is 2.78 bits per heavy atom. The number of carbonyl (C=O) groups is 1. The van der Waals surface area contributed by atoms with Crippen LogP contribution in [0.25, 0.3) is 0 Å². The number of rotatable bonds is 3. The smallest absolute Gasteiger partial charge is 0.225 e. The third-order valence-corrected chi connectivity index (χ3v) is 4.82. The van der Waals surface area contributed by atoms with E-state index < -0.39 is 0 Å². The second-order valence-electron chi connectivity index (χ2n) is 6.38. The van der Waals surface area contributed by atoms with E-state index in [1.54, 1.807) is 0 Å². The van der Waals surface area contributed by atoms with Gasteiger partial charge in [0.25, 0.3) is 0 Å². The highest BCUT2D eigenvalue weighted by molar-refractivity contribution is 5.79. The quantitative estimate of drug-likeness (QED) is 0.838. The van der Waals surface area contributed by atoms with Gasteiger partial charge < -0.3 is 10.6 Å². The summed E-state index contributed by atoms with van der Waals surface area (Å²) in [6.07, 6.45) is 6.75. The third kappa shape index (κ3) is 3.05. The predicted molar refractivity (Wildman–Crippen MR) is 74.1 cm³/mol. The van der Waals surface area contributed by atoms with E-state index in [0.29, 0.717) is 17.9 Å². The number of likely N-dealkylation sites (tertiary alicyclic amines) is 1. The van der Waals surface area contributed by atoms with Crippen LogP contribution in [-0.2, 0) is 4.79 Å². The molecule has 0 aromatic rings. The zero-order chi connectivity index (χ0) is 13.1. The molecular formula is C15H28N2O. The first-order valence-corrected chi connectivity index (χ1v) is 7.66. The Labute approximate surface area is 111 Å². The van der Waals surface area contributed by atoms with Crippen molar-refractivity contribution >= 4 is 5.91 Å². The zero-order valence-corrected chi connectivity index (χ0v) is 11.9. The van der Waals surface area contributed by atoms with E-state index in [1.165, 1.54) is 19.3 Å². The largest absolute Gasteiger partial charge is 0.342 e. The Bertz CT molecular complexity index is 292. The molecule has 1 saturated heterocycles. The van der Waals surface area contributed by atoms with E-state index in [4.69, 9.17) is 5.73 Å². The summed E-state index contributed by atoms with van der Waals surface area (Å²) in [6.45, 7) is 6.41.